The molecule has 21 heavy (non-hydrogen) atoms. The van der Waals surface area contributed by atoms with E-state index in [9.17, 15) is 13.2 Å². The van der Waals surface area contributed by atoms with E-state index in [4.69, 9.17) is 5.14 Å². The van der Waals surface area contributed by atoms with Crippen LogP contribution in [0, 0.1) is 0 Å². The number of hydrogen-bond acceptors (Lipinski definition) is 5. The zero-order valence-corrected chi connectivity index (χ0v) is 11.8. The normalized spacial score (nSPS) is 14.2. The molecule has 0 spiro atoms. The third-order valence-corrected chi connectivity index (χ3v) is 4.25. The summed E-state index contributed by atoms with van der Waals surface area (Å²) in [5, 5.41) is 9.00. The Kier molecular flexibility index (Phi) is 3.22. The third kappa shape index (κ3) is 2.65. The van der Waals surface area contributed by atoms with Crippen molar-refractivity contribution in [2.45, 2.75) is 17.9 Å². The first-order chi connectivity index (χ1) is 9.95. The van der Waals surface area contributed by atoms with Gasteiger partial charge in [-0.15, -0.1) is 0 Å². The molecule has 0 saturated heterocycles. The van der Waals surface area contributed by atoms with E-state index in [1.54, 1.807) is 11.0 Å². The van der Waals surface area contributed by atoms with Crippen molar-refractivity contribution in [3.63, 3.8) is 0 Å². The quantitative estimate of drug-likeness (QED) is 0.823. The van der Waals surface area contributed by atoms with Crippen molar-refractivity contribution in [3.05, 3.63) is 36.4 Å². The van der Waals surface area contributed by atoms with Crippen molar-refractivity contribution in [2.75, 3.05) is 11.4 Å². The van der Waals surface area contributed by atoms with Crippen LogP contribution in [-0.4, -0.2) is 35.6 Å². The molecule has 1 aliphatic heterocycles. The molecule has 0 fully saturated rings. The zero-order chi connectivity index (χ0) is 15.0. The summed E-state index contributed by atoms with van der Waals surface area (Å²) in [5.74, 6) is -0.123. The number of nitrogens with two attached hydrogens (primary N) is 1. The summed E-state index contributed by atoms with van der Waals surface area (Å²) < 4.78 is 24.1. The number of anilines is 1. The Hall–Kier alpha value is -2.26. The van der Waals surface area contributed by atoms with Crippen molar-refractivity contribution in [1.82, 2.24) is 14.8 Å². The SMILES string of the molecule is NS(=O)(=O)c1ccc2c(c1)CCN2C(=O)Cn1cncn1. The minimum Gasteiger partial charge on any atom is -0.310 e. The maximum absolute atomic E-state index is 12.3. The van der Waals surface area contributed by atoms with Crippen LogP contribution in [0.3, 0.4) is 0 Å². The minimum atomic E-state index is -3.73. The van der Waals surface area contributed by atoms with Gasteiger partial charge in [-0.1, -0.05) is 0 Å². The van der Waals surface area contributed by atoms with Gasteiger partial charge in [0.15, 0.2) is 0 Å². The second kappa shape index (κ2) is 4.93. The monoisotopic (exact) mass is 307 g/mol. The van der Waals surface area contributed by atoms with Crippen molar-refractivity contribution < 1.29 is 13.2 Å². The summed E-state index contributed by atoms with van der Waals surface area (Å²) >= 11 is 0. The highest BCUT2D eigenvalue weighted by Gasteiger charge is 2.26. The van der Waals surface area contributed by atoms with Crippen molar-refractivity contribution in [1.29, 1.82) is 0 Å². The lowest BCUT2D eigenvalue weighted by atomic mass is 10.2. The Morgan fingerprint density at radius 2 is 2.19 bits per heavy atom. The molecule has 3 rings (SSSR count). The van der Waals surface area contributed by atoms with Gasteiger partial charge in [-0.25, -0.2) is 23.2 Å². The zero-order valence-electron chi connectivity index (χ0n) is 11.0. The maximum Gasteiger partial charge on any atom is 0.248 e. The molecule has 0 atom stereocenters. The van der Waals surface area contributed by atoms with Crippen LogP contribution < -0.4 is 10.0 Å². The third-order valence-electron chi connectivity index (χ3n) is 3.34. The predicted molar refractivity (Wildman–Crippen MR) is 73.9 cm³/mol. The first-order valence-electron chi connectivity index (χ1n) is 6.23. The maximum atomic E-state index is 12.3. The van der Waals surface area contributed by atoms with Crippen molar-refractivity contribution in [2.24, 2.45) is 5.14 Å². The van der Waals surface area contributed by atoms with Crippen LogP contribution in [0.5, 0.6) is 0 Å². The van der Waals surface area contributed by atoms with Gasteiger partial charge in [-0.2, -0.15) is 5.10 Å². The number of fused-ring (bicyclic) bond motifs is 1. The number of carbonyl (C=O) groups is 1. The second-order valence-electron chi connectivity index (χ2n) is 4.72. The molecular weight excluding hydrogens is 294 g/mol. The average Bonchev–Trinajstić information content (AvgIpc) is 3.05. The molecule has 0 unspecified atom stereocenters. The van der Waals surface area contributed by atoms with Gasteiger partial charge in [-0.3, -0.25) is 4.79 Å². The topological polar surface area (TPSA) is 111 Å². The average molecular weight is 307 g/mol. The molecule has 110 valence electrons. The molecule has 2 heterocycles. The van der Waals surface area contributed by atoms with Gasteiger partial charge in [0.2, 0.25) is 15.9 Å². The number of carbonyl (C=O) groups excluding carboxylic acids is 1. The summed E-state index contributed by atoms with van der Waals surface area (Å²) in [4.78, 5) is 17.7. The van der Waals surface area contributed by atoms with E-state index >= 15 is 0 Å². The van der Waals surface area contributed by atoms with Gasteiger partial charge < -0.3 is 4.90 Å². The van der Waals surface area contributed by atoms with Gasteiger partial charge in [0, 0.05) is 12.2 Å². The van der Waals surface area contributed by atoms with E-state index in [1.165, 1.54) is 29.5 Å². The number of primary sulfonamides is 1. The second-order valence-corrected chi connectivity index (χ2v) is 6.29. The highest BCUT2D eigenvalue weighted by atomic mass is 32.2. The fraction of sp³-hybridized carbons (Fsp3) is 0.250. The molecule has 1 amide bonds. The summed E-state index contributed by atoms with van der Waals surface area (Å²) in [6, 6.07) is 4.55. The lowest BCUT2D eigenvalue weighted by molar-refractivity contribution is -0.119. The Bertz CT molecular complexity index is 785. The minimum absolute atomic E-state index is 0.0619. The number of benzene rings is 1. The molecule has 1 aromatic heterocycles. The molecule has 0 bridgehead atoms. The number of aromatic nitrogens is 3. The van der Waals surface area contributed by atoms with Gasteiger partial charge in [-0.05, 0) is 30.2 Å². The van der Waals surface area contributed by atoms with Crippen molar-refractivity contribution in [3.8, 4) is 0 Å². The van der Waals surface area contributed by atoms with E-state index in [2.05, 4.69) is 10.1 Å². The Labute approximate surface area is 121 Å². The molecule has 1 aromatic carbocycles. The molecule has 8 nitrogen and oxygen atoms in total. The first kappa shape index (κ1) is 13.7. The summed E-state index contributed by atoms with van der Waals surface area (Å²) in [7, 11) is -3.73. The smallest absolute Gasteiger partial charge is 0.248 e. The van der Waals surface area contributed by atoms with E-state index in [-0.39, 0.29) is 17.3 Å². The molecule has 0 radical (unpaired) electrons. The lowest BCUT2D eigenvalue weighted by Gasteiger charge is -2.17. The largest absolute Gasteiger partial charge is 0.310 e. The van der Waals surface area contributed by atoms with Crippen LogP contribution >= 0.6 is 0 Å². The lowest BCUT2D eigenvalue weighted by Crippen LogP contribution is -2.32. The molecule has 0 aliphatic carbocycles. The van der Waals surface area contributed by atoms with Crippen LogP contribution in [0.1, 0.15) is 5.56 Å². The van der Waals surface area contributed by atoms with Gasteiger partial charge >= 0.3 is 0 Å². The fourth-order valence-electron chi connectivity index (χ4n) is 2.35. The van der Waals surface area contributed by atoms with Crippen LogP contribution in [0.25, 0.3) is 0 Å². The van der Waals surface area contributed by atoms with Gasteiger partial charge in [0.25, 0.3) is 0 Å². The molecule has 2 aromatic rings. The number of amides is 1. The summed E-state index contributed by atoms with van der Waals surface area (Å²) in [5.41, 5.74) is 1.51. The highest BCUT2D eigenvalue weighted by Crippen LogP contribution is 2.30. The van der Waals surface area contributed by atoms with Crippen LogP contribution in [0.4, 0.5) is 5.69 Å². The number of sulfonamides is 1. The van der Waals surface area contributed by atoms with E-state index in [0.717, 1.165) is 5.56 Å². The molecule has 9 heteroatoms. The summed E-state index contributed by atoms with van der Waals surface area (Å²) in [6.45, 7) is 0.604. The first-order valence-corrected chi connectivity index (χ1v) is 7.78. The molecule has 1 aliphatic rings. The highest BCUT2D eigenvalue weighted by molar-refractivity contribution is 7.89. The number of nitrogens with zero attached hydrogens (tertiary/aromatic N) is 4. The molecule has 0 saturated carbocycles. The number of rotatable bonds is 3. The van der Waals surface area contributed by atoms with Gasteiger partial charge in [0.05, 0.1) is 4.90 Å². The van der Waals surface area contributed by atoms with E-state index in [0.29, 0.717) is 18.7 Å². The Balaban J connectivity index is 1.85. The van der Waals surface area contributed by atoms with E-state index < -0.39 is 10.0 Å². The standard InChI is InChI=1S/C12H13N5O3S/c13-21(19,20)10-1-2-11-9(5-10)3-4-17(11)12(18)6-16-8-14-7-15-16/h1-2,5,7-8H,3-4,6H2,(H2,13,19,20). The predicted octanol–water partition coefficient (Wildman–Crippen LogP) is -0.485. The summed E-state index contributed by atoms with van der Waals surface area (Å²) in [6.07, 6.45) is 3.43. The fourth-order valence-corrected chi connectivity index (χ4v) is 2.92. The van der Waals surface area contributed by atoms with Crippen LogP contribution in [0.15, 0.2) is 35.7 Å². The Morgan fingerprint density at radius 3 is 2.86 bits per heavy atom. The van der Waals surface area contributed by atoms with E-state index in [1.807, 2.05) is 0 Å². The van der Waals surface area contributed by atoms with Gasteiger partial charge in [0.1, 0.15) is 19.2 Å². The molecular formula is C12H13N5O3S. The van der Waals surface area contributed by atoms with Crippen LogP contribution in [0.2, 0.25) is 0 Å². The van der Waals surface area contributed by atoms with Crippen LogP contribution in [-0.2, 0) is 27.8 Å². The Morgan fingerprint density at radius 1 is 1.38 bits per heavy atom. The number of hydrogen-bond donors (Lipinski definition) is 1. The molecule has 2 N–H and O–H groups in total. The van der Waals surface area contributed by atoms with Crippen molar-refractivity contribution >= 4 is 21.6 Å².